The highest BCUT2D eigenvalue weighted by molar-refractivity contribution is 7.14. The standard InChI is InChI=1S/C15H13N5O4S2/c16-11(21)4-8-7-26-14(18-8)19-12(22)10-5-17-15(24)20(13(10)23)6-9-2-1-3-25-9/h1-3,5,7H,4,6H2,(H2,16,21)(H,17,24)(H,18,19,22). The van der Waals surface area contributed by atoms with E-state index >= 15 is 0 Å². The van der Waals surface area contributed by atoms with E-state index in [2.05, 4.69) is 15.3 Å². The highest BCUT2D eigenvalue weighted by Crippen LogP contribution is 2.16. The number of nitrogens with one attached hydrogen (secondary N) is 2. The number of thiazole rings is 1. The molecule has 3 heterocycles. The monoisotopic (exact) mass is 391 g/mol. The highest BCUT2D eigenvalue weighted by Gasteiger charge is 2.17. The van der Waals surface area contributed by atoms with Crippen molar-refractivity contribution in [3.8, 4) is 0 Å². The lowest BCUT2D eigenvalue weighted by atomic mass is 10.3. The minimum absolute atomic E-state index is 0.0430. The van der Waals surface area contributed by atoms with Crippen molar-refractivity contribution >= 4 is 39.6 Å². The molecule has 0 saturated heterocycles. The molecule has 0 atom stereocenters. The summed E-state index contributed by atoms with van der Waals surface area (Å²) in [5.41, 5.74) is 4.00. The molecule has 0 aliphatic carbocycles. The van der Waals surface area contributed by atoms with Gasteiger partial charge in [-0.3, -0.25) is 24.3 Å². The van der Waals surface area contributed by atoms with Gasteiger partial charge in [0.05, 0.1) is 18.7 Å². The van der Waals surface area contributed by atoms with E-state index in [-0.39, 0.29) is 23.7 Å². The summed E-state index contributed by atoms with van der Waals surface area (Å²) >= 11 is 2.50. The number of aromatic nitrogens is 3. The first-order chi connectivity index (χ1) is 12.4. The molecular formula is C15H13N5O4S2. The number of rotatable bonds is 6. The highest BCUT2D eigenvalue weighted by atomic mass is 32.1. The van der Waals surface area contributed by atoms with Crippen LogP contribution in [0, 0.1) is 0 Å². The second kappa shape index (κ2) is 7.45. The number of nitrogens with two attached hydrogens (primary N) is 1. The number of carbonyl (C=O) groups excluding carboxylic acids is 2. The summed E-state index contributed by atoms with van der Waals surface area (Å²) < 4.78 is 0.959. The Balaban J connectivity index is 1.83. The number of hydrogen-bond acceptors (Lipinski definition) is 7. The molecule has 0 aromatic carbocycles. The number of carbonyl (C=O) groups is 2. The molecule has 4 N–H and O–H groups in total. The average Bonchev–Trinajstić information content (AvgIpc) is 3.23. The van der Waals surface area contributed by atoms with Gasteiger partial charge in [0, 0.05) is 16.5 Å². The van der Waals surface area contributed by atoms with E-state index in [9.17, 15) is 19.2 Å². The second-order valence-electron chi connectivity index (χ2n) is 5.22. The van der Waals surface area contributed by atoms with E-state index in [0.717, 1.165) is 27.0 Å². The van der Waals surface area contributed by atoms with Crippen molar-refractivity contribution in [2.75, 3.05) is 5.32 Å². The molecule has 0 saturated carbocycles. The van der Waals surface area contributed by atoms with Crippen molar-refractivity contribution in [1.29, 1.82) is 0 Å². The summed E-state index contributed by atoms with van der Waals surface area (Å²) in [4.78, 5) is 54.9. The van der Waals surface area contributed by atoms with E-state index in [4.69, 9.17) is 5.73 Å². The molecule has 0 radical (unpaired) electrons. The summed E-state index contributed by atoms with van der Waals surface area (Å²) in [5.74, 6) is -1.24. The molecule has 3 aromatic heterocycles. The molecular weight excluding hydrogens is 378 g/mol. The Morgan fingerprint density at radius 2 is 2.12 bits per heavy atom. The van der Waals surface area contributed by atoms with Crippen molar-refractivity contribution in [2.45, 2.75) is 13.0 Å². The van der Waals surface area contributed by atoms with Crippen LogP contribution in [0.15, 0.2) is 38.7 Å². The predicted molar refractivity (Wildman–Crippen MR) is 97.7 cm³/mol. The van der Waals surface area contributed by atoms with Gasteiger partial charge in [-0.05, 0) is 11.4 Å². The lowest BCUT2D eigenvalue weighted by Gasteiger charge is -2.06. The van der Waals surface area contributed by atoms with Gasteiger partial charge in [0.2, 0.25) is 5.91 Å². The SMILES string of the molecule is NC(=O)Cc1csc(NC(=O)c2c[nH]c(=O)n(Cc3cccs3)c2=O)n1. The number of hydrogen-bond donors (Lipinski definition) is 3. The van der Waals surface area contributed by atoms with Crippen LogP contribution in [0.3, 0.4) is 0 Å². The summed E-state index contributed by atoms with van der Waals surface area (Å²) in [5, 5.41) is 6.12. The van der Waals surface area contributed by atoms with Crippen LogP contribution in [0.5, 0.6) is 0 Å². The molecule has 0 aliphatic rings. The largest absolute Gasteiger partial charge is 0.369 e. The van der Waals surface area contributed by atoms with Crippen LogP contribution in [0.25, 0.3) is 0 Å². The molecule has 134 valence electrons. The quantitative estimate of drug-likeness (QED) is 0.557. The fourth-order valence-electron chi connectivity index (χ4n) is 2.16. The summed E-state index contributed by atoms with van der Waals surface area (Å²) in [6, 6.07) is 3.60. The van der Waals surface area contributed by atoms with Crippen LogP contribution in [0.1, 0.15) is 20.9 Å². The minimum Gasteiger partial charge on any atom is -0.369 e. The second-order valence-corrected chi connectivity index (χ2v) is 7.11. The van der Waals surface area contributed by atoms with Crippen molar-refractivity contribution in [2.24, 2.45) is 5.73 Å². The molecule has 11 heteroatoms. The van der Waals surface area contributed by atoms with Crippen LogP contribution in [-0.4, -0.2) is 26.3 Å². The fraction of sp³-hybridized carbons (Fsp3) is 0.133. The molecule has 0 spiro atoms. The molecule has 3 aromatic rings. The Hall–Kier alpha value is -3.05. The minimum atomic E-state index is -0.703. The smallest absolute Gasteiger partial charge is 0.328 e. The lowest BCUT2D eigenvalue weighted by molar-refractivity contribution is -0.117. The number of primary amides is 1. The zero-order valence-electron chi connectivity index (χ0n) is 13.2. The third kappa shape index (κ3) is 3.95. The van der Waals surface area contributed by atoms with E-state index in [1.807, 2.05) is 11.4 Å². The fourth-order valence-corrected chi connectivity index (χ4v) is 3.56. The van der Waals surface area contributed by atoms with E-state index in [0.29, 0.717) is 5.69 Å². The first-order valence-electron chi connectivity index (χ1n) is 7.33. The maximum absolute atomic E-state index is 12.5. The molecule has 0 bridgehead atoms. The third-order valence-electron chi connectivity index (χ3n) is 3.33. The van der Waals surface area contributed by atoms with Crippen molar-refractivity contribution < 1.29 is 9.59 Å². The Bertz CT molecular complexity index is 1060. The Morgan fingerprint density at radius 1 is 1.31 bits per heavy atom. The molecule has 0 fully saturated rings. The number of H-pyrrole nitrogens is 1. The van der Waals surface area contributed by atoms with Crippen LogP contribution in [-0.2, 0) is 17.8 Å². The van der Waals surface area contributed by atoms with Gasteiger partial charge < -0.3 is 10.7 Å². The zero-order chi connectivity index (χ0) is 18.7. The Kier molecular flexibility index (Phi) is 5.09. The first-order valence-corrected chi connectivity index (χ1v) is 9.09. The number of thiophene rings is 1. The topological polar surface area (TPSA) is 140 Å². The van der Waals surface area contributed by atoms with Crippen LogP contribution < -0.4 is 22.3 Å². The van der Waals surface area contributed by atoms with E-state index in [1.54, 1.807) is 11.4 Å². The number of amides is 2. The zero-order valence-corrected chi connectivity index (χ0v) is 14.9. The van der Waals surface area contributed by atoms with Gasteiger partial charge in [-0.1, -0.05) is 6.07 Å². The normalized spacial score (nSPS) is 10.6. The van der Waals surface area contributed by atoms with E-state index in [1.165, 1.54) is 11.3 Å². The van der Waals surface area contributed by atoms with Gasteiger partial charge in [0.25, 0.3) is 11.5 Å². The van der Waals surface area contributed by atoms with Gasteiger partial charge in [-0.2, -0.15) is 0 Å². The predicted octanol–water partition coefficient (Wildman–Crippen LogP) is 0.383. The van der Waals surface area contributed by atoms with Crippen molar-refractivity contribution in [1.82, 2.24) is 14.5 Å². The molecule has 0 unspecified atom stereocenters. The van der Waals surface area contributed by atoms with Gasteiger partial charge in [0.15, 0.2) is 5.13 Å². The van der Waals surface area contributed by atoms with Gasteiger partial charge in [-0.15, -0.1) is 22.7 Å². The average molecular weight is 391 g/mol. The number of anilines is 1. The Morgan fingerprint density at radius 3 is 2.81 bits per heavy atom. The van der Waals surface area contributed by atoms with Crippen molar-refractivity contribution in [3.63, 3.8) is 0 Å². The molecule has 9 nitrogen and oxygen atoms in total. The molecule has 3 rings (SSSR count). The molecule has 0 aliphatic heterocycles. The first kappa shape index (κ1) is 17.8. The number of nitrogens with zero attached hydrogens (tertiary/aromatic N) is 2. The van der Waals surface area contributed by atoms with Crippen molar-refractivity contribution in [3.05, 3.63) is 66.1 Å². The van der Waals surface area contributed by atoms with Crippen LogP contribution in [0.2, 0.25) is 0 Å². The van der Waals surface area contributed by atoms with Gasteiger partial charge in [-0.25, -0.2) is 9.78 Å². The van der Waals surface area contributed by atoms with Crippen LogP contribution in [0.4, 0.5) is 5.13 Å². The van der Waals surface area contributed by atoms with Gasteiger partial charge >= 0.3 is 5.69 Å². The van der Waals surface area contributed by atoms with E-state index < -0.39 is 23.1 Å². The Labute approximate surface area is 154 Å². The van der Waals surface area contributed by atoms with Crippen LogP contribution >= 0.6 is 22.7 Å². The third-order valence-corrected chi connectivity index (χ3v) is 4.99. The maximum Gasteiger partial charge on any atom is 0.328 e. The molecule has 26 heavy (non-hydrogen) atoms. The summed E-state index contributed by atoms with van der Waals surface area (Å²) in [6.45, 7) is 0.0764. The summed E-state index contributed by atoms with van der Waals surface area (Å²) in [6.07, 6.45) is 1.03. The lowest BCUT2D eigenvalue weighted by Crippen LogP contribution is -2.39. The number of aromatic amines is 1. The van der Waals surface area contributed by atoms with Gasteiger partial charge in [0.1, 0.15) is 5.56 Å². The molecule has 2 amide bonds. The maximum atomic E-state index is 12.5. The summed E-state index contributed by atoms with van der Waals surface area (Å²) in [7, 11) is 0.